The van der Waals surface area contributed by atoms with Gasteiger partial charge in [0.1, 0.15) is 11.7 Å². The molecule has 138 valence electrons. The van der Waals surface area contributed by atoms with Crippen molar-refractivity contribution in [2.45, 2.75) is 96.1 Å². The number of methoxy groups -OCH3 is 2. The van der Waals surface area contributed by atoms with Crippen molar-refractivity contribution >= 4 is 0 Å². The van der Waals surface area contributed by atoms with E-state index in [0.717, 1.165) is 32.3 Å². The van der Waals surface area contributed by atoms with Gasteiger partial charge in [-0.05, 0) is 19.8 Å². The number of epoxide rings is 1. The molecule has 0 amide bonds. The Bertz CT molecular complexity index is 300. The maximum Gasteiger partial charge on any atom is 0.194 e. The van der Waals surface area contributed by atoms with Crippen LogP contribution in [0.25, 0.3) is 0 Å². The Kier molecular flexibility index (Phi) is 9.67. The van der Waals surface area contributed by atoms with Crippen LogP contribution in [-0.4, -0.2) is 44.9 Å². The standard InChI is InChI=1S/C19H38O4/c1-6-8-9-10-11-12-14-19(13-7-2,18(3,20-4)21-5)23-16-17-15-22-17/h17H,6-16H2,1-5H3. The van der Waals surface area contributed by atoms with Gasteiger partial charge in [0.25, 0.3) is 0 Å². The Balaban J connectivity index is 2.66. The van der Waals surface area contributed by atoms with E-state index < -0.39 is 11.4 Å². The molecule has 0 bridgehead atoms. The number of unbranched alkanes of at least 4 members (excludes halogenated alkanes) is 5. The molecule has 1 aliphatic rings. The van der Waals surface area contributed by atoms with Gasteiger partial charge in [-0.25, -0.2) is 0 Å². The van der Waals surface area contributed by atoms with Crippen molar-refractivity contribution in [3.8, 4) is 0 Å². The molecular formula is C19H38O4. The predicted molar refractivity (Wildman–Crippen MR) is 93.7 cm³/mol. The molecule has 23 heavy (non-hydrogen) atoms. The van der Waals surface area contributed by atoms with Gasteiger partial charge >= 0.3 is 0 Å². The molecule has 2 unspecified atom stereocenters. The van der Waals surface area contributed by atoms with Crippen molar-refractivity contribution in [1.29, 1.82) is 0 Å². The molecule has 0 saturated carbocycles. The Hall–Kier alpha value is -0.160. The van der Waals surface area contributed by atoms with Crippen LogP contribution in [0.2, 0.25) is 0 Å². The lowest BCUT2D eigenvalue weighted by Gasteiger charge is -2.46. The minimum atomic E-state index is -0.721. The van der Waals surface area contributed by atoms with Crippen molar-refractivity contribution < 1.29 is 18.9 Å². The van der Waals surface area contributed by atoms with E-state index in [-0.39, 0.29) is 6.10 Å². The summed E-state index contributed by atoms with van der Waals surface area (Å²) in [5, 5.41) is 0. The summed E-state index contributed by atoms with van der Waals surface area (Å²) >= 11 is 0. The summed E-state index contributed by atoms with van der Waals surface area (Å²) in [6, 6.07) is 0. The Morgan fingerprint density at radius 2 is 1.52 bits per heavy atom. The zero-order valence-electron chi connectivity index (χ0n) is 16.0. The van der Waals surface area contributed by atoms with Gasteiger partial charge in [0.2, 0.25) is 0 Å². The minimum Gasteiger partial charge on any atom is -0.371 e. The molecule has 0 aliphatic carbocycles. The molecule has 1 aliphatic heterocycles. The second-order valence-corrected chi connectivity index (χ2v) is 6.88. The molecule has 0 aromatic carbocycles. The van der Waals surface area contributed by atoms with Crippen LogP contribution >= 0.6 is 0 Å². The van der Waals surface area contributed by atoms with E-state index in [9.17, 15) is 0 Å². The molecule has 4 heteroatoms. The lowest BCUT2D eigenvalue weighted by atomic mass is 9.83. The molecule has 4 nitrogen and oxygen atoms in total. The van der Waals surface area contributed by atoms with Crippen LogP contribution < -0.4 is 0 Å². The molecule has 1 rings (SSSR count). The number of hydrogen-bond acceptors (Lipinski definition) is 4. The average Bonchev–Trinajstić information content (AvgIpc) is 3.39. The third-order valence-electron chi connectivity index (χ3n) is 5.14. The van der Waals surface area contributed by atoms with E-state index in [0.29, 0.717) is 6.61 Å². The van der Waals surface area contributed by atoms with E-state index in [1.165, 1.54) is 32.1 Å². The van der Waals surface area contributed by atoms with Gasteiger partial charge in [0.05, 0.1) is 13.2 Å². The first-order valence-corrected chi connectivity index (χ1v) is 9.43. The average molecular weight is 331 g/mol. The number of rotatable bonds is 15. The monoisotopic (exact) mass is 330 g/mol. The Labute approximate surface area is 143 Å². The molecule has 2 atom stereocenters. The van der Waals surface area contributed by atoms with Gasteiger partial charge in [-0.15, -0.1) is 0 Å². The third kappa shape index (κ3) is 6.33. The maximum atomic E-state index is 6.39. The first-order chi connectivity index (χ1) is 11.1. The highest BCUT2D eigenvalue weighted by Crippen LogP contribution is 2.39. The van der Waals surface area contributed by atoms with E-state index >= 15 is 0 Å². The number of hydrogen-bond donors (Lipinski definition) is 0. The van der Waals surface area contributed by atoms with Crippen molar-refractivity contribution in [3.63, 3.8) is 0 Å². The van der Waals surface area contributed by atoms with Crippen molar-refractivity contribution in [2.24, 2.45) is 0 Å². The predicted octanol–water partition coefficient (Wildman–Crippen LogP) is 4.70. The van der Waals surface area contributed by atoms with E-state index in [1.54, 1.807) is 14.2 Å². The first kappa shape index (κ1) is 20.9. The number of ether oxygens (including phenoxy) is 4. The fourth-order valence-electron chi connectivity index (χ4n) is 3.32. The van der Waals surface area contributed by atoms with Crippen LogP contribution in [0.4, 0.5) is 0 Å². The third-order valence-corrected chi connectivity index (χ3v) is 5.14. The lowest BCUT2D eigenvalue weighted by molar-refractivity contribution is -0.310. The fraction of sp³-hybridized carbons (Fsp3) is 1.00. The van der Waals surface area contributed by atoms with Crippen LogP contribution in [0.15, 0.2) is 0 Å². The molecule has 0 aromatic rings. The molecular weight excluding hydrogens is 292 g/mol. The summed E-state index contributed by atoms with van der Waals surface area (Å²) in [5.74, 6) is -0.721. The summed E-state index contributed by atoms with van der Waals surface area (Å²) in [6.45, 7) is 7.91. The van der Waals surface area contributed by atoms with E-state index in [2.05, 4.69) is 13.8 Å². The van der Waals surface area contributed by atoms with Gasteiger partial charge in [-0.3, -0.25) is 0 Å². The maximum absolute atomic E-state index is 6.39. The largest absolute Gasteiger partial charge is 0.371 e. The second-order valence-electron chi connectivity index (χ2n) is 6.88. The summed E-state index contributed by atoms with van der Waals surface area (Å²) < 4.78 is 23.2. The van der Waals surface area contributed by atoms with Gasteiger partial charge in [0.15, 0.2) is 5.79 Å². The SMILES string of the molecule is CCCCCCCCC(CCC)(OCC1CO1)C(C)(OC)OC. The molecule has 0 aromatic heterocycles. The Morgan fingerprint density at radius 3 is 2.04 bits per heavy atom. The summed E-state index contributed by atoms with van der Waals surface area (Å²) in [7, 11) is 3.43. The first-order valence-electron chi connectivity index (χ1n) is 9.43. The molecule has 0 N–H and O–H groups in total. The van der Waals surface area contributed by atoms with Crippen molar-refractivity contribution in [3.05, 3.63) is 0 Å². The van der Waals surface area contributed by atoms with Crippen molar-refractivity contribution in [1.82, 2.24) is 0 Å². The van der Waals surface area contributed by atoms with Crippen molar-refractivity contribution in [2.75, 3.05) is 27.4 Å². The smallest absolute Gasteiger partial charge is 0.194 e. The van der Waals surface area contributed by atoms with Gasteiger partial charge in [-0.2, -0.15) is 0 Å². The quantitative estimate of drug-likeness (QED) is 0.248. The van der Waals surface area contributed by atoms with Crippen LogP contribution in [0, 0.1) is 0 Å². The topological polar surface area (TPSA) is 40.2 Å². The van der Waals surface area contributed by atoms with Crippen LogP contribution in [-0.2, 0) is 18.9 Å². The molecule has 0 spiro atoms. The van der Waals surface area contributed by atoms with E-state index in [4.69, 9.17) is 18.9 Å². The van der Waals surface area contributed by atoms with Gasteiger partial charge < -0.3 is 18.9 Å². The van der Waals surface area contributed by atoms with Gasteiger partial charge in [-0.1, -0.05) is 58.8 Å². The second kappa shape index (κ2) is 10.7. The highest BCUT2D eigenvalue weighted by Gasteiger charge is 2.50. The summed E-state index contributed by atoms with van der Waals surface area (Å²) in [4.78, 5) is 0. The molecule has 1 saturated heterocycles. The highest BCUT2D eigenvalue weighted by atomic mass is 16.7. The molecule has 0 radical (unpaired) electrons. The summed E-state index contributed by atoms with van der Waals surface area (Å²) in [6.07, 6.45) is 10.9. The van der Waals surface area contributed by atoms with E-state index in [1.807, 2.05) is 6.92 Å². The zero-order chi connectivity index (χ0) is 17.2. The molecule has 1 fully saturated rings. The van der Waals surface area contributed by atoms with Gasteiger partial charge in [0, 0.05) is 14.2 Å². The normalized spacial score (nSPS) is 20.5. The van der Waals surface area contributed by atoms with Crippen LogP contribution in [0.5, 0.6) is 0 Å². The molecule has 1 heterocycles. The summed E-state index contributed by atoms with van der Waals surface area (Å²) in [5.41, 5.74) is -0.401. The zero-order valence-corrected chi connectivity index (χ0v) is 16.0. The lowest BCUT2D eigenvalue weighted by Crippen LogP contribution is -2.57. The minimum absolute atomic E-state index is 0.258. The fourth-order valence-corrected chi connectivity index (χ4v) is 3.32. The van der Waals surface area contributed by atoms with Crippen LogP contribution in [0.3, 0.4) is 0 Å². The van der Waals surface area contributed by atoms with Crippen LogP contribution in [0.1, 0.15) is 78.6 Å². The highest BCUT2D eigenvalue weighted by molar-refractivity contribution is 4.94. The Morgan fingerprint density at radius 1 is 0.913 bits per heavy atom.